The van der Waals surface area contributed by atoms with E-state index in [1.54, 1.807) is 45.9 Å². The Labute approximate surface area is 214 Å². The minimum atomic E-state index is -0.852. The van der Waals surface area contributed by atoms with Crippen molar-refractivity contribution in [3.63, 3.8) is 0 Å². The summed E-state index contributed by atoms with van der Waals surface area (Å²) >= 11 is 0. The number of fused-ring (bicyclic) bond motifs is 1. The molecule has 2 amide bonds. The Morgan fingerprint density at radius 3 is 2.24 bits per heavy atom. The van der Waals surface area contributed by atoms with Crippen LogP contribution in [0.3, 0.4) is 0 Å². The summed E-state index contributed by atoms with van der Waals surface area (Å²) in [4.78, 5) is 53.4. The number of esters is 2. The molecule has 3 rings (SSSR count). The van der Waals surface area contributed by atoms with Crippen LogP contribution in [0.15, 0.2) is 48.5 Å². The smallest absolute Gasteiger partial charge is 0.325 e. The first-order chi connectivity index (χ1) is 17.5. The van der Waals surface area contributed by atoms with Crippen LogP contribution in [0.4, 0.5) is 0 Å². The highest BCUT2D eigenvalue weighted by molar-refractivity contribution is 6.05. The second kappa shape index (κ2) is 11.5. The minimum absolute atomic E-state index is 0.0285. The largest absolute Gasteiger partial charge is 0.468 e. The first-order valence-corrected chi connectivity index (χ1v) is 11.5. The van der Waals surface area contributed by atoms with Gasteiger partial charge in [0.1, 0.15) is 18.0 Å². The number of hydrogen-bond acceptors (Lipinski definition) is 8. The molecule has 0 saturated carbocycles. The summed E-state index contributed by atoms with van der Waals surface area (Å²) in [6.07, 6.45) is 0. The van der Waals surface area contributed by atoms with Gasteiger partial charge in [-0.15, -0.1) is 0 Å². The zero-order chi connectivity index (χ0) is 27.2. The lowest BCUT2D eigenvalue weighted by Crippen LogP contribution is -2.39. The first-order valence-electron chi connectivity index (χ1n) is 11.5. The van der Waals surface area contributed by atoms with Gasteiger partial charge in [-0.2, -0.15) is 0 Å². The molecular weight excluding hydrogens is 478 g/mol. The fraction of sp³-hybridized carbons (Fsp3) is 0.296. The zero-order valence-corrected chi connectivity index (χ0v) is 21.3. The van der Waals surface area contributed by atoms with Gasteiger partial charge in [-0.05, 0) is 58.0 Å². The Kier molecular flexibility index (Phi) is 8.44. The van der Waals surface area contributed by atoms with Gasteiger partial charge < -0.3 is 24.8 Å². The van der Waals surface area contributed by atoms with Gasteiger partial charge in [-0.1, -0.05) is 18.2 Å². The molecule has 10 heteroatoms. The SMILES string of the molecule is COC(=O)CNC(=O)CNC(=O)c1nc(C)c2cc(Oc3ccccc3)ccc2c1OC(=O)C(C)(C)C. The minimum Gasteiger partial charge on any atom is -0.468 e. The van der Waals surface area contributed by atoms with Crippen molar-refractivity contribution in [1.29, 1.82) is 0 Å². The summed E-state index contributed by atoms with van der Waals surface area (Å²) in [5, 5.41) is 5.87. The molecule has 37 heavy (non-hydrogen) atoms. The van der Waals surface area contributed by atoms with Crippen molar-refractivity contribution in [3.05, 3.63) is 59.9 Å². The number of amides is 2. The van der Waals surface area contributed by atoms with Crippen molar-refractivity contribution in [3.8, 4) is 17.2 Å². The number of rotatable bonds is 8. The highest BCUT2D eigenvalue weighted by atomic mass is 16.5. The van der Waals surface area contributed by atoms with E-state index >= 15 is 0 Å². The van der Waals surface area contributed by atoms with Crippen LogP contribution in [0.1, 0.15) is 37.0 Å². The molecule has 194 valence electrons. The normalized spacial score (nSPS) is 10.9. The van der Waals surface area contributed by atoms with Crippen LogP contribution < -0.4 is 20.1 Å². The fourth-order valence-corrected chi connectivity index (χ4v) is 3.17. The molecular formula is C27H29N3O7. The Morgan fingerprint density at radius 2 is 1.59 bits per heavy atom. The molecule has 0 unspecified atom stereocenters. The predicted octanol–water partition coefficient (Wildman–Crippen LogP) is 3.31. The predicted molar refractivity (Wildman–Crippen MR) is 135 cm³/mol. The number of nitrogens with zero attached hydrogens (tertiary/aromatic N) is 1. The van der Waals surface area contributed by atoms with Crippen LogP contribution in [0.25, 0.3) is 10.8 Å². The number of carbonyl (C=O) groups excluding carboxylic acids is 4. The van der Waals surface area contributed by atoms with Gasteiger partial charge in [0.15, 0.2) is 11.4 Å². The van der Waals surface area contributed by atoms with Crippen molar-refractivity contribution < 1.29 is 33.4 Å². The zero-order valence-electron chi connectivity index (χ0n) is 21.3. The number of aromatic nitrogens is 1. The highest BCUT2D eigenvalue weighted by Crippen LogP contribution is 2.35. The van der Waals surface area contributed by atoms with Gasteiger partial charge in [0.25, 0.3) is 5.91 Å². The second-order valence-electron chi connectivity index (χ2n) is 9.17. The number of nitrogens with one attached hydrogen (secondary N) is 2. The number of benzene rings is 2. The summed E-state index contributed by atoms with van der Waals surface area (Å²) in [7, 11) is 1.20. The Morgan fingerprint density at radius 1 is 0.892 bits per heavy atom. The number of methoxy groups -OCH3 is 1. The molecule has 0 aliphatic rings. The fourth-order valence-electron chi connectivity index (χ4n) is 3.17. The molecule has 3 aromatic rings. The number of pyridine rings is 1. The summed E-state index contributed by atoms with van der Waals surface area (Å²) < 4.78 is 16.1. The molecule has 0 fully saturated rings. The maximum Gasteiger partial charge on any atom is 0.325 e. The van der Waals surface area contributed by atoms with Gasteiger partial charge in [-0.3, -0.25) is 19.2 Å². The lowest BCUT2D eigenvalue weighted by molar-refractivity contribution is -0.143. The summed E-state index contributed by atoms with van der Waals surface area (Å²) in [5.74, 6) is -1.36. The lowest BCUT2D eigenvalue weighted by Gasteiger charge is -2.20. The quantitative estimate of drug-likeness (QED) is 0.444. The van der Waals surface area contributed by atoms with Gasteiger partial charge in [-0.25, -0.2) is 4.98 Å². The maximum absolute atomic E-state index is 13.0. The summed E-state index contributed by atoms with van der Waals surface area (Å²) in [5.41, 5.74) is -0.515. The topological polar surface area (TPSA) is 133 Å². The Bertz CT molecular complexity index is 1330. The van der Waals surface area contributed by atoms with Crippen molar-refractivity contribution in [2.75, 3.05) is 20.2 Å². The van der Waals surface area contributed by atoms with Crippen molar-refractivity contribution in [2.45, 2.75) is 27.7 Å². The third kappa shape index (κ3) is 7.03. The molecule has 10 nitrogen and oxygen atoms in total. The van der Waals surface area contributed by atoms with E-state index in [2.05, 4.69) is 20.4 Å². The molecule has 2 aromatic carbocycles. The number of carbonyl (C=O) groups is 4. The van der Waals surface area contributed by atoms with E-state index in [0.717, 1.165) is 0 Å². The number of ether oxygens (including phenoxy) is 3. The average Bonchev–Trinajstić information content (AvgIpc) is 2.87. The molecule has 0 saturated heterocycles. The lowest BCUT2D eigenvalue weighted by atomic mass is 9.97. The molecule has 0 aliphatic carbocycles. The average molecular weight is 508 g/mol. The van der Waals surface area contributed by atoms with Gasteiger partial charge in [0.2, 0.25) is 5.91 Å². The Hall–Kier alpha value is -4.47. The highest BCUT2D eigenvalue weighted by Gasteiger charge is 2.28. The van der Waals surface area contributed by atoms with Gasteiger partial charge >= 0.3 is 11.9 Å². The maximum atomic E-state index is 13.0. The molecule has 0 bridgehead atoms. The standard InChI is InChI=1S/C27H29N3O7/c1-16-20-13-18(36-17-9-7-6-8-10-17)11-12-19(20)24(37-26(34)27(2,3)4)23(30-16)25(33)29-14-21(31)28-15-22(32)35-5/h6-13H,14-15H2,1-5H3,(H,28,31)(H,29,33). The van der Waals surface area contributed by atoms with E-state index in [1.807, 2.05) is 30.3 Å². The van der Waals surface area contributed by atoms with E-state index in [4.69, 9.17) is 9.47 Å². The van der Waals surface area contributed by atoms with Crippen LogP contribution >= 0.6 is 0 Å². The molecule has 2 N–H and O–H groups in total. The third-order valence-electron chi connectivity index (χ3n) is 5.19. The molecule has 0 aliphatic heterocycles. The molecule has 0 spiro atoms. The van der Waals surface area contributed by atoms with Gasteiger partial charge in [0.05, 0.1) is 19.1 Å². The van der Waals surface area contributed by atoms with E-state index < -0.39 is 35.7 Å². The van der Waals surface area contributed by atoms with Crippen LogP contribution in [0.5, 0.6) is 17.2 Å². The Balaban J connectivity index is 1.95. The van der Waals surface area contributed by atoms with Crippen molar-refractivity contribution in [2.24, 2.45) is 5.41 Å². The monoisotopic (exact) mass is 507 g/mol. The molecule has 0 radical (unpaired) electrons. The number of hydrogen-bond donors (Lipinski definition) is 2. The number of para-hydroxylation sites is 1. The summed E-state index contributed by atoms with van der Waals surface area (Å²) in [6, 6.07) is 14.4. The van der Waals surface area contributed by atoms with E-state index in [1.165, 1.54) is 7.11 Å². The molecule has 1 aromatic heterocycles. The second-order valence-corrected chi connectivity index (χ2v) is 9.17. The van der Waals surface area contributed by atoms with Crippen LogP contribution in [-0.4, -0.2) is 48.9 Å². The summed E-state index contributed by atoms with van der Waals surface area (Å²) in [6.45, 7) is 6.03. The van der Waals surface area contributed by atoms with E-state index in [9.17, 15) is 19.2 Å². The molecule has 1 heterocycles. The number of aryl methyl sites for hydroxylation is 1. The van der Waals surface area contributed by atoms with Crippen LogP contribution in [0, 0.1) is 12.3 Å². The first kappa shape index (κ1) is 27.1. The third-order valence-corrected chi connectivity index (χ3v) is 5.19. The van der Waals surface area contributed by atoms with E-state index in [-0.39, 0.29) is 18.0 Å². The van der Waals surface area contributed by atoms with Crippen molar-refractivity contribution in [1.82, 2.24) is 15.6 Å². The van der Waals surface area contributed by atoms with Crippen LogP contribution in [-0.2, 0) is 19.1 Å². The van der Waals surface area contributed by atoms with Crippen LogP contribution in [0.2, 0.25) is 0 Å². The van der Waals surface area contributed by atoms with Crippen molar-refractivity contribution >= 4 is 34.5 Å². The van der Waals surface area contributed by atoms with Gasteiger partial charge in [0, 0.05) is 16.5 Å². The molecule has 0 atom stereocenters. The van der Waals surface area contributed by atoms with E-state index in [0.29, 0.717) is 28.0 Å².